The van der Waals surface area contributed by atoms with Crippen LogP contribution in [0.25, 0.3) is 0 Å². The topological polar surface area (TPSA) is 120 Å². The monoisotopic (exact) mass is 308 g/mol. The number of hydrogen-bond acceptors (Lipinski definition) is 6. The number of nitrogens with one attached hydrogen (secondary N) is 1. The van der Waals surface area contributed by atoms with E-state index in [2.05, 4.69) is 10.3 Å². The van der Waals surface area contributed by atoms with E-state index >= 15 is 0 Å². The van der Waals surface area contributed by atoms with Crippen molar-refractivity contribution in [1.82, 2.24) is 4.98 Å². The lowest BCUT2D eigenvalue weighted by molar-refractivity contribution is 0.328. The summed E-state index contributed by atoms with van der Waals surface area (Å²) in [4.78, 5) is 3.97. The smallest absolute Gasteiger partial charge is 0.239 e. The first-order valence-electron chi connectivity index (χ1n) is 6.18. The van der Waals surface area contributed by atoms with Crippen molar-refractivity contribution in [1.29, 1.82) is 0 Å². The van der Waals surface area contributed by atoms with Crippen LogP contribution in [0.2, 0.25) is 0 Å². The summed E-state index contributed by atoms with van der Waals surface area (Å²) in [6.07, 6.45) is 1.20. The van der Waals surface area contributed by atoms with Gasteiger partial charge in [0.1, 0.15) is 23.1 Å². The summed E-state index contributed by atoms with van der Waals surface area (Å²) in [5.74, 6) is 1.24. The average Bonchev–Trinajstić information content (AvgIpc) is 2.46. The molecule has 0 spiro atoms. The predicted molar refractivity (Wildman–Crippen MR) is 79.9 cm³/mol. The molecule has 0 amide bonds. The van der Waals surface area contributed by atoms with Gasteiger partial charge in [-0.25, -0.2) is 18.5 Å². The Labute approximate surface area is 123 Å². The van der Waals surface area contributed by atoms with E-state index in [0.29, 0.717) is 19.0 Å². The van der Waals surface area contributed by atoms with E-state index in [1.54, 1.807) is 18.2 Å². The maximum atomic E-state index is 11.1. The van der Waals surface area contributed by atoms with Gasteiger partial charge in [0.2, 0.25) is 10.0 Å². The maximum Gasteiger partial charge on any atom is 0.239 e. The van der Waals surface area contributed by atoms with E-state index in [9.17, 15) is 8.42 Å². The van der Waals surface area contributed by atoms with Gasteiger partial charge in [-0.15, -0.1) is 0 Å². The second kappa shape index (κ2) is 6.53. The van der Waals surface area contributed by atoms with Gasteiger partial charge in [0.05, 0.1) is 0 Å². The summed E-state index contributed by atoms with van der Waals surface area (Å²) in [6, 6.07) is 10.2. The largest absolute Gasteiger partial charge is 0.492 e. The summed E-state index contributed by atoms with van der Waals surface area (Å²) in [5, 5.41) is 8.04. The van der Waals surface area contributed by atoms with Crippen molar-refractivity contribution in [3.63, 3.8) is 0 Å². The zero-order valence-electron chi connectivity index (χ0n) is 11.2. The van der Waals surface area contributed by atoms with Gasteiger partial charge in [-0.2, -0.15) is 0 Å². The fourth-order valence-corrected chi connectivity index (χ4v) is 2.04. The molecule has 0 aliphatic heterocycles. The van der Waals surface area contributed by atoms with E-state index in [0.717, 1.165) is 11.4 Å². The molecule has 1 heterocycles. The van der Waals surface area contributed by atoms with Gasteiger partial charge < -0.3 is 15.8 Å². The highest BCUT2D eigenvalue weighted by atomic mass is 32.2. The van der Waals surface area contributed by atoms with Gasteiger partial charge in [-0.3, -0.25) is 0 Å². The van der Waals surface area contributed by atoms with Crippen molar-refractivity contribution < 1.29 is 13.2 Å². The summed E-state index contributed by atoms with van der Waals surface area (Å²) < 4.78 is 27.6. The Morgan fingerprint density at radius 2 is 1.86 bits per heavy atom. The van der Waals surface area contributed by atoms with E-state index < -0.39 is 10.0 Å². The van der Waals surface area contributed by atoms with Crippen LogP contribution < -0.4 is 20.9 Å². The van der Waals surface area contributed by atoms with Gasteiger partial charge in [-0.1, -0.05) is 0 Å². The number of aromatic nitrogens is 1. The number of benzene rings is 1. The molecule has 0 fully saturated rings. The molecular weight excluding hydrogens is 292 g/mol. The molecular formula is C13H16N4O3S. The van der Waals surface area contributed by atoms with E-state index in [1.807, 2.05) is 12.1 Å². The number of nitrogens with two attached hydrogens (primary N) is 2. The molecule has 2 rings (SSSR count). The van der Waals surface area contributed by atoms with Crippen LogP contribution in [0.15, 0.2) is 47.5 Å². The lowest BCUT2D eigenvalue weighted by Gasteiger charge is -2.08. The average molecular weight is 308 g/mol. The summed E-state index contributed by atoms with van der Waals surface area (Å²) in [6.45, 7) is 0.920. The number of rotatable bonds is 6. The van der Waals surface area contributed by atoms with Crippen LogP contribution in [0.1, 0.15) is 0 Å². The second-order valence-corrected chi connectivity index (χ2v) is 5.77. The van der Waals surface area contributed by atoms with Crippen LogP contribution in [0.5, 0.6) is 5.75 Å². The van der Waals surface area contributed by atoms with Crippen molar-refractivity contribution in [3.8, 4) is 5.75 Å². The number of sulfonamides is 1. The van der Waals surface area contributed by atoms with Gasteiger partial charge in [0, 0.05) is 18.4 Å². The van der Waals surface area contributed by atoms with Crippen LogP contribution in [0.3, 0.4) is 0 Å². The molecule has 21 heavy (non-hydrogen) atoms. The van der Waals surface area contributed by atoms with Crippen molar-refractivity contribution >= 4 is 21.5 Å². The molecule has 0 atom stereocenters. The Bertz CT molecular complexity index is 684. The molecule has 2 aromatic rings. The zero-order valence-corrected chi connectivity index (χ0v) is 12.0. The number of hydrogen-bond donors (Lipinski definition) is 3. The molecule has 1 aromatic carbocycles. The van der Waals surface area contributed by atoms with Crippen molar-refractivity contribution in [3.05, 3.63) is 42.6 Å². The minimum absolute atomic E-state index is 0.0291. The molecule has 112 valence electrons. The summed E-state index contributed by atoms with van der Waals surface area (Å²) >= 11 is 0. The standard InChI is InChI=1S/C13H16N4O3S/c14-7-8-20-11-3-1-10(2-4-11)17-13-6-5-12(9-16-13)21(15,18)19/h1-6,9H,7-8,14H2,(H,16,17)(H2,15,18,19). The number of primary sulfonamides is 1. The highest BCUT2D eigenvalue weighted by molar-refractivity contribution is 7.89. The molecule has 0 unspecified atom stereocenters. The lowest BCUT2D eigenvalue weighted by Crippen LogP contribution is -2.12. The number of anilines is 2. The van der Waals surface area contributed by atoms with Gasteiger partial charge in [0.15, 0.2) is 0 Å². The maximum absolute atomic E-state index is 11.1. The van der Waals surface area contributed by atoms with Crippen LogP contribution in [-0.4, -0.2) is 26.6 Å². The molecule has 0 bridgehead atoms. The lowest BCUT2D eigenvalue weighted by atomic mass is 10.3. The van der Waals surface area contributed by atoms with Crippen LogP contribution in [0.4, 0.5) is 11.5 Å². The Balaban J connectivity index is 2.04. The third-order valence-electron chi connectivity index (χ3n) is 2.58. The van der Waals surface area contributed by atoms with Gasteiger partial charge >= 0.3 is 0 Å². The number of ether oxygens (including phenoxy) is 1. The minimum Gasteiger partial charge on any atom is -0.492 e. The zero-order chi connectivity index (χ0) is 15.3. The summed E-state index contributed by atoms with van der Waals surface area (Å²) in [7, 11) is -3.72. The van der Waals surface area contributed by atoms with E-state index in [4.69, 9.17) is 15.6 Å². The Morgan fingerprint density at radius 1 is 1.14 bits per heavy atom. The first-order valence-corrected chi connectivity index (χ1v) is 7.72. The number of nitrogens with zero attached hydrogens (tertiary/aromatic N) is 1. The number of pyridine rings is 1. The van der Waals surface area contributed by atoms with Crippen LogP contribution in [-0.2, 0) is 10.0 Å². The van der Waals surface area contributed by atoms with Crippen molar-refractivity contribution in [2.24, 2.45) is 10.9 Å². The molecule has 1 aromatic heterocycles. The Morgan fingerprint density at radius 3 is 2.38 bits per heavy atom. The van der Waals surface area contributed by atoms with Gasteiger partial charge in [0.25, 0.3) is 0 Å². The quantitative estimate of drug-likeness (QED) is 0.726. The van der Waals surface area contributed by atoms with Crippen molar-refractivity contribution in [2.45, 2.75) is 4.90 Å². The predicted octanol–water partition coefficient (Wildman–Crippen LogP) is 0.810. The molecule has 8 heteroatoms. The highest BCUT2D eigenvalue weighted by Crippen LogP contribution is 2.19. The van der Waals surface area contributed by atoms with Crippen LogP contribution in [0, 0.1) is 0 Å². The molecule has 0 aliphatic rings. The molecule has 0 saturated heterocycles. The summed E-state index contributed by atoms with van der Waals surface area (Å²) in [5.41, 5.74) is 6.15. The van der Waals surface area contributed by atoms with Gasteiger partial charge in [-0.05, 0) is 36.4 Å². The van der Waals surface area contributed by atoms with Crippen molar-refractivity contribution in [2.75, 3.05) is 18.5 Å². The third-order valence-corrected chi connectivity index (χ3v) is 3.48. The third kappa shape index (κ3) is 4.42. The fraction of sp³-hybridized carbons (Fsp3) is 0.154. The minimum atomic E-state index is -3.72. The molecule has 7 nitrogen and oxygen atoms in total. The molecule has 0 saturated carbocycles. The Kier molecular flexibility index (Phi) is 4.73. The first-order chi connectivity index (χ1) is 9.99. The molecule has 0 radical (unpaired) electrons. The van der Waals surface area contributed by atoms with Crippen LogP contribution >= 0.6 is 0 Å². The molecule has 0 aliphatic carbocycles. The Hall–Kier alpha value is -2.16. The highest BCUT2D eigenvalue weighted by Gasteiger charge is 2.07. The van der Waals surface area contributed by atoms with E-state index in [1.165, 1.54) is 12.3 Å². The second-order valence-electron chi connectivity index (χ2n) is 4.21. The first kappa shape index (κ1) is 15.2. The normalized spacial score (nSPS) is 11.1. The molecule has 5 N–H and O–H groups in total. The fourth-order valence-electron chi connectivity index (χ4n) is 1.58. The van der Waals surface area contributed by atoms with E-state index in [-0.39, 0.29) is 4.90 Å². The SMILES string of the molecule is NCCOc1ccc(Nc2ccc(S(N)(=O)=O)cn2)cc1.